The zero-order valence-corrected chi connectivity index (χ0v) is 12.1. The summed E-state index contributed by atoms with van der Waals surface area (Å²) in [6.07, 6.45) is 9.33. The summed E-state index contributed by atoms with van der Waals surface area (Å²) in [5.41, 5.74) is 0. The van der Waals surface area contributed by atoms with Gasteiger partial charge in [0.05, 0.1) is 6.61 Å². The number of likely N-dealkylation sites (N-methyl/N-ethyl adjacent to an activating group) is 1. The Morgan fingerprint density at radius 2 is 2.26 bits per heavy atom. The molecule has 1 heterocycles. The predicted molar refractivity (Wildman–Crippen MR) is 77.5 cm³/mol. The van der Waals surface area contributed by atoms with Gasteiger partial charge in [0.25, 0.3) is 0 Å². The van der Waals surface area contributed by atoms with Crippen molar-refractivity contribution in [3.63, 3.8) is 0 Å². The molecule has 0 spiro atoms. The van der Waals surface area contributed by atoms with Crippen molar-refractivity contribution < 1.29 is 4.74 Å². The van der Waals surface area contributed by atoms with Crippen molar-refractivity contribution in [2.24, 2.45) is 0 Å². The van der Waals surface area contributed by atoms with Gasteiger partial charge in [0.15, 0.2) is 0 Å². The molecule has 0 amide bonds. The molecule has 0 radical (unpaired) electrons. The highest BCUT2D eigenvalue weighted by atomic mass is 16.5. The number of anilines is 1. The van der Waals surface area contributed by atoms with Gasteiger partial charge in [-0.15, -0.1) is 0 Å². The lowest BCUT2D eigenvalue weighted by molar-refractivity contribution is 0.187. The summed E-state index contributed by atoms with van der Waals surface area (Å²) in [5.74, 6) is 0.942. The Morgan fingerprint density at radius 3 is 3.00 bits per heavy atom. The number of imidazole rings is 1. The molecule has 1 aromatic heterocycles. The second-order valence-corrected chi connectivity index (χ2v) is 5.28. The summed E-state index contributed by atoms with van der Waals surface area (Å²) in [4.78, 5) is 6.82. The number of aromatic nitrogens is 2. The van der Waals surface area contributed by atoms with Gasteiger partial charge < -0.3 is 19.5 Å². The molecular weight excluding hydrogens is 240 g/mol. The van der Waals surface area contributed by atoms with E-state index in [0.717, 1.165) is 31.6 Å². The maximum absolute atomic E-state index is 5.10. The second kappa shape index (κ2) is 7.50. The van der Waals surface area contributed by atoms with Crippen LogP contribution < -0.4 is 5.32 Å². The third kappa shape index (κ3) is 4.21. The Kier molecular flexibility index (Phi) is 5.66. The molecule has 1 aliphatic carbocycles. The van der Waals surface area contributed by atoms with Crippen LogP contribution in [0.5, 0.6) is 0 Å². The monoisotopic (exact) mass is 266 g/mol. The van der Waals surface area contributed by atoms with Crippen molar-refractivity contribution in [1.82, 2.24) is 14.5 Å². The van der Waals surface area contributed by atoms with Crippen LogP contribution in [-0.2, 0) is 11.3 Å². The van der Waals surface area contributed by atoms with E-state index in [1.165, 1.54) is 25.7 Å². The van der Waals surface area contributed by atoms with E-state index in [1.54, 1.807) is 7.11 Å². The molecular formula is C14H26N4O. The van der Waals surface area contributed by atoms with Gasteiger partial charge in [-0.25, -0.2) is 4.98 Å². The molecule has 1 fully saturated rings. The quantitative estimate of drug-likeness (QED) is 0.779. The highest BCUT2D eigenvalue weighted by Gasteiger charge is 2.18. The minimum Gasteiger partial charge on any atom is -0.383 e. The molecule has 0 saturated heterocycles. The van der Waals surface area contributed by atoms with Gasteiger partial charge in [0.1, 0.15) is 0 Å². The third-order valence-corrected chi connectivity index (χ3v) is 3.95. The number of hydrogen-bond donors (Lipinski definition) is 1. The summed E-state index contributed by atoms with van der Waals surface area (Å²) < 4.78 is 7.19. The van der Waals surface area contributed by atoms with Crippen LogP contribution in [0, 0.1) is 0 Å². The van der Waals surface area contributed by atoms with Gasteiger partial charge in [0, 0.05) is 45.2 Å². The highest BCUT2D eigenvalue weighted by molar-refractivity contribution is 5.25. The van der Waals surface area contributed by atoms with Crippen LogP contribution in [0.2, 0.25) is 0 Å². The fourth-order valence-corrected chi connectivity index (χ4v) is 2.72. The Balaban J connectivity index is 1.71. The van der Waals surface area contributed by atoms with Crippen molar-refractivity contribution in [1.29, 1.82) is 0 Å². The van der Waals surface area contributed by atoms with E-state index < -0.39 is 0 Å². The summed E-state index contributed by atoms with van der Waals surface area (Å²) in [6.45, 7) is 3.57. The Hall–Kier alpha value is -1.07. The molecule has 19 heavy (non-hydrogen) atoms. The smallest absolute Gasteiger partial charge is 0.202 e. The lowest BCUT2D eigenvalue weighted by atomic mass is 10.2. The number of nitrogens with zero attached hydrogens (tertiary/aromatic N) is 3. The number of methoxy groups -OCH3 is 1. The molecule has 5 heteroatoms. The molecule has 108 valence electrons. The highest BCUT2D eigenvalue weighted by Crippen LogP contribution is 2.21. The summed E-state index contributed by atoms with van der Waals surface area (Å²) in [7, 11) is 3.95. The summed E-state index contributed by atoms with van der Waals surface area (Å²) in [6, 6.07) is 0.787. The van der Waals surface area contributed by atoms with Crippen molar-refractivity contribution >= 4 is 5.95 Å². The van der Waals surface area contributed by atoms with Gasteiger partial charge in [-0.1, -0.05) is 12.8 Å². The molecule has 1 N–H and O–H groups in total. The van der Waals surface area contributed by atoms with E-state index in [0.29, 0.717) is 6.61 Å². The topological polar surface area (TPSA) is 42.3 Å². The van der Waals surface area contributed by atoms with Crippen LogP contribution in [0.3, 0.4) is 0 Å². The van der Waals surface area contributed by atoms with Crippen LogP contribution >= 0.6 is 0 Å². The molecule has 2 rings (SSSR count). The lowest BCUT2D eigenvalue weighted by Gasteiger charge is -2.24. The molecule has 1 saturated carbocycles. The number of rotatable bonds is 8. The molecule has 1 aromatic rings. The fraction of sp³-hybridized carbons (Fsp3) is 0.786. The number of ether oxygens (including phenoxy) is 1. The van der Waals surface area contributed by atoms with Crippen molar-refractivity contribution in [3.8, 4) is 0 Å². The molecule has 0 unspecified atom stereocenters. The van der Waals surface area contributed by atoms with Crippen LogP contribution in [0.15, 0.2) is 12.4 Å². The first-order valence-electron chi connectivity index (χ1n) is 7.25. The number of nitrogens with one attached hydrogen (secondary N) is 1. The summed E-state index contributed by atoms with van der Waals surface area (Å²) >= 11 is 0. The minimum atomic E-state index is 0.715. The standard InChI is InChI=1S/C14H26N4O/c1-17(13-5-3-4-6-13)9-7-15-14-16-8-10-18(14)11-12-19-2/h8,10,13H,3-7,9,11-12H2,1-2H3,(H,15,16). The molecule has 0 bridgehead atoms. The van der Waals surface area contributed by atoms with Crippen LogP contribution in [-0.4, -0.2) is 54.3 Å². The van der Waals surface area contributed by atoms with Gasteiger partial charge >= 0.3 is 0 Å². The summed E-state index contributed by atoms with van der Waals surface area (Å²) in [5, 5.41) is 3.41. The van der Waals surface area contributed by atoms with E-state index in [-0.39, 0.29) is 0 Å². The molecule has 5 nitrogen and oxygen atoms in total. The van der Waals surface area contributed by atoms with Gasteiger partial charge in [-0.2, -0.15) is 0 Å². The fourth-order valence-electron chi connectivity index (χ4n) is 2.72. The zero-order chi connectivity index (χ0) is 13.5. The first-order valence-corrected chi connectivity index (χ1v) is 7.25. The van der Waals surface area contributed by atoms with Crippen LogP contribution in [0.25, 0.3) is 0 Å². The van der Waals surface area contributed by atoms with Crippen LogP contribution in [0.4, 0.5) is 5.95 Å². The normalized spacial score (nSPS) is 16.4. The van der Waals surface area contributed by atoms with E-state index in [9.17, 15) is 0 Å². The van der Waals surface area contributed by atoms with E-state index in [2.05, 4.69) is 26.8 Å². The van der Waals surface area contributed by atoms with Gasteiger partial charge in [-0.3, -0.25) is 0 Å². The Labute approximate surface area is 116 Å². The molecule has 0 aromatic carbocycles. The van der Waals surface area contributed by atoms with Gasteiger partial charge in [-0.05, 0) is 19.9 Å². The second-order valence-electron chi connectivity index (χ2n) is 5.28. The number of hydrogen-bond acceptors (Lipinski definition) is 4. The third-order valence-electron chi connectivity index (χ3n) is 3.95. The maximum atomic E-state index is 5.10. The van der Waals surface area contributed by atoms with Crippen molar-refractivity contribution in [2.45, 2.75) is 38.3 Å². The van der Waals surface area contributed by atoms with Crippen LogP contribution in [0.1, 0.15) is 25.7 Å². The molecule has 0 aliphatic heterocycles. The van der Waals surface area contributed by atoms with E-state index in [1.807, 2.05) is 12.4 Å². The Bertz CT molecular complexity index is 360. The predicted octanol–water partition coefficient (Wildman–Crippen LogP) is 1.82. The van der Waals surface area contributed by atoms with Gasteiger partial charge in [0.2, 0.25) is 5.95 Å². The van der Waals surface area contributed by atoms with Crippen molar-refractivity contribution in [2.75, 3.05) is 39.2 Å². The lowest BCUT2D eigenvalue weighted by Crippen LogP contribution is -2.33. The zero-order valence-electron chi connectivity index (χ0n) is 12.1. The maximum Gasteiger partial charge on any atom is 0.202 e. The first kappa shape index (κ1) is 14.3. The molecule has 0 atom stereocenters. The average Bonchev–Trinajstić information content (AvgIpc) is 3.07. The molecule has 1 aliphatic rings. The van der Waals surface area contributed by atoms with E-state index >= 15 is 0 Å². The van der Waals surface area contributed by atoms with Crippen molar-refractivity contribution in [3.05, 3.63) is 12.4 Å². The largest absolute Gasteiger partial charge is 0.383 e. The first-order chi connectivity index (χ1) is 9.31. The minimum absolute atomic E-state index is 0.715. The van der Waals surface area contributed by atoms with E-state index in [4.69, 9.17) is 4.74 Å². The SMILES string of the molecule is COCCn1ccnc1NCCN(C)C1CCCC1. The Morgan fingerprint density at radius 1 is 1.47 bits per heavy atom. The average molecular weight is 266 g/mol.